The van der Waals surface area contributed by atoms with Crippen molar-refractivity contribution in [1.29, 1.82) is 0 Å². The van der Waals surface area contributed by atoms with Crippen molar-refractivity contribution in [2.75, 3.05) is 4.90 Å². The van der Waals surface area contributed by atoms with Gasteiger partial charge in [0.25, 0.3) is 0 Å². The van der Waals surface area contributed by atoms with Gasteiger partial charge in [-0.3, -0.25) is 0 Å². The van der Waals surface area contributed by atoms with E-state index in [-0.39, 0.29) is 0 Å². The molecule has 1 heteroatoms. The number of benzene rings is 3. The molecule has 0 saturated carbocycles. The Kier molecular flexibility index (Phi) is 3.97. The van der Waals surface area contributed by atoms with Gasteiger partial charge in [-0.1, -0.05) is 36.4 Å². The van der Waals surface area contributed by atoms with Gasteiger partial charge in [0.1, 0.15) is 0 Å². The van der Waals surface area contributed by atoms with E-state index in [1.807, 2.05) is 0 Å². The van der Waals surface area contributed by atoms with Gasteiger partial charge >= 0.3 is 0 Å². The van der Waals surface area contributed by atoms with Crippen molar-refractivity contribution in [2.24, 2.45) is 0 Å². The van der Waals surface area contributed by atoms with Gasteiger partial charge in [-0.2, -0.15) is 0 Å². The molecule has 1 nitrogen and oxygen atoms in total. The zero-order valence-corrected chi connectivity index (χ0v) is 13.4. The fraction of sp³-hybridized carbons (Fsp3) is 0.143. The van der Waals surface area contributed by atoms with Crippen LogP contribution in [0.25, 0.3) is 0 Å². The molecular formula is C21H21N. The van der Waals surface area contributed by atoms with E-state index in [1.54, 1.807) is 0 Å². The number of nitrogens with zero attached hydrogens (tertiary/aromatic N) is 1. The molecule has 0 heterocycles. The maximum absolute atomic E-state index is 2.30. The van der Waals surface area contributed by atoms with Crippen LogP contribution in [0.2, 0.25) is 0 Å². The topological polar surface area (TPSA) is 3.24 Å². The van der Waals surface area contributed by atoms with E-state index in [0.717, 1.165) is 0 Å². The van der Waals surface area contributed by atoms with Crippen molar-refractivity contribution in [3.05, 3.63) is 89.5 Å². The van der Waals surface area contributed by atoms with E-state index in [0.29, 0.717) is 0 Å². The largest absolute Gasteiger partial charge is 0.310 e. The highest BCUT2D eigenvalue weighted by Gasteiger charge is 2.13. The minimum Gasteiger partial charge on any atom is -0.310 e. The van der Waals surface area contributed by atoms with Gasteiger partial charge in [0.15, 0.2) is 0 Å². The molecule has 0 unspecified atom stereocenters. The van der Waals surface area contributed by atoms with Crippen LogP contribution in [0.1, 0.15) is 16.7 Å². The number of anilines is 3. The summed E-state index contributed by atoms with van der Waals surface area (Å²) in [6.45, 7) is 6.55. The Hall–Kier alpha value is -2.54. The quantitative estimate of drug-likeness (QED) is 0.564. The predicted octanol–water partition coefficient (Wildman–Crippen LogP) is 6.08. The van der Waals surface area contributed by atoms with Gasteiger partial charge in [0, 0.05) is 17.1 Å². The Morgan fingerprint density at radius 3 is 1.36 bits per heavy atom. The first-order valence-electron chi connectivity index (χ1n) is 7.65. The van der Waals surface area contributed by atoms with Crippen molar-refractivity contribution in [3.8, 4) is 0 Å². The lowest BCUT2D eigenvalue weighted by Crippen LogP contribution is -2.10. The molecule has 0 aliphatic rings. The second-order valence-corrected chi connectivity index (χ2v) is 5.71. The zero-order chi connectivity index (χ0) is 15.5. The molecule has 0 amide bonds. The van der Waals surface area contributed by atoms with Gasteiger partial charge in [-0.05, 0) is 73.9 Å². The molecule has 22 heavy (non-hydrogen) atoms. The lowest BCUT2D eigenvalue weighted by atomic mass is 10.0. The molecule has 0 aliphatic heterocycles. The fourth-order valence-corrected chi connectivity index (χ4v) is 2.74. The second-order valence-electron chi connectivity index (χ2n) is 5.71. The van der Waals surface area contributed by atoms with Crippen molar-refractivity contribution in [2.45, 2.75) is 20.8 Å². The molecule has 0 N–H and O–H groups in total. The van der Waals surface area contributed by atoms with Gasteiger partial charge in [-0.15, -0.1) is 0 Å². The fourth-order valence-electron chi connectivity index (χ4n) is 2.74. The lowest BCUT2D eigenvalue weighted by Gasteiger charge is -2.26. The van der Waals surface area contributed by atoms with E-state index >= 15 is 0 Å². The van der Waals surface area contributed by atoms with E-state index in [2.05, 4.69) is 98.5 Å². The summed E-state index contributed by atoms with van der Waals surface area (Å²) in [5.74, 6) is 0. The van der Waals surface area contributed by atoms with E-state index in [1.165, 1.54) is 33.8 Å². The maximum atomic E-state index is 2.30. The third kappa shape index (κ3) is 2.75. The molecule has 3 aromatic carbocycles. The van der Waals surface area contributed by atoms with Crippen molar-refractivity contribution >= 4 is 17.1 Å². The molecule has 3 rings (SSSR count). The van der Waals surface area contributed by atoms with Crippen molar-refractivity contribution in [3.63, 3.8) is 0 Å². The average molecular weight is 287 g/mol. The monoisotopic (exact) mass is 287 g/mol. The minimum absolute atomic E-state index is 1.18. The van der Waals surface area contributed by atoms with Crippen LogP contribution >= 0.6 is 0 Å². The Bertz CT molecular complexity index is 698. The third-order valence-corrected chi connectivity index (χ3v) is 4.20. The van der Waals surface area contributed by atoms with Crippen LogP contribution in [0.5, 0.6) is 0 Å². The van der Waals surface area contributed by atoms with Gasteiger partial charge in [0.2, 0.25) is 0 Å². The number of hydrogen-bond acceptors (Lipinski definition) is 1. The highest BCUT2D eigenvalue weighted by molar-refractivity contribution is 5.77. The maximum Gasteiger partial charge on any atom is 0.0467 e. The van der Waals surface area contributed by atoms with E-state index in [4.69, 9.17) is 0 Å². The molecular weight excluding hydrogens is 266 g/mol. The first kappa shape index (κ1) is 14.4. The van der Waals surface area contributed by atoms with Crippen LogP contribution in [0.3, 0.4) is 0 Å². The number of aryl methyl sites for hydroxylation is 2. The Balaban J connectivity index is 2.19. The Morgan fingerprint density at radius 2 is 0.955 bits per heavy atom. The summed E-state index contributed by atoms with van der Waals surface area (Å²) >= 11 is 0. The Labute approximate surface area is 132 Å². The van der Waals surface area contributed by atoms with Crippen molar-refractivity contribution < 1.29 is 0 Å². The summed E-state index contributed by atoms with van der Waals surface area (Å²) in [5.41, 5.74) is 7.58. The molecule has 0 saturated heterocycles. The highest BCUT2D eigenvalue weighted by atomic mass is 15.1. The summed E-state index contributed by atoms with van der Waals surface area (Å²) in [6, 6.07) is 25.6. The lowest BCUT2D eigenvalue weighted by molar-refractivity contribution is 1.21. The first-order valence-corrected chi connectivity index (χ1v) is 7.65. The van der Waals surface area contributed by atoms with Crippen molar-refractivity contribution in [1.82, 2.24) is 0 Å². The van der Waals surface area contributed by atoms with Gasteiger partial charge in [-0.25, -0.2) is 0 Å². The first-order chi connectivity index (χ1) is 10.7. The van der Waals surface area contributed by atoms with Crippen LogP contribution in [0.4, 0.5) is 17.1 Å². The van der Waals surface area contributed by atoms with Gasteiger partial charge in [0.05, 0.1) is 0 Å². The predicted molar refractivity (Wildman–Crippen MR) is 95.3 cm³/mol. The third-order valence-electron chi connectivity index (χ3n) is 4.20. The van der Waals surface area contributed by atoms with E-state index in [9.17, 15) is 0 Å². The molecule has 110 valence electrons. The summed E-state index contributed by atoms with van der Waals surface area (Å²) in [4.78, 5) is 2.30. The number of rotatable bonds is 3. The summed E-state index contributed by atoms with van der Waals surface area (Å²) in [6.07, 6.45) is 0. The average Bonchev–Trinajstić information content (AvgIpc) is 2.55. The minimum atomic E-state index is 1.18. The highest BCUT2D eigenvalue weighted by Crippen LogP contribution is 2.35. The zero-order valence-electron chi connectivity index (χ0n) is 13.4. The normalized spacial score (nSPS) is 10.5. The molecule has 0 aliphatic carbocycles. The smallest absolute Gasteiger partial charge is 0.0467 e. The van der Waals surface area contributed by atoms with Crippen LogP contribution < -0.4 is 4.90 Å². The summed E-state index contributed by atoms with van der Waals surface area (Å²) in [7, 11) is 0. The summed E-state index contributed by atoms with van der Waals surface area (Å²) < 4.78 is 0. The Morgan fingerprint density at radius 1 is 0.545 bits per heavy atom. The van der Waals surface area contributed by atoms with E-state index < -0.39 is 0 Å². The number of para-hydroxylation sites is 2. The molecule has 0 aromatic heterocycles. The van der Waals surface area contributed by atoms with Gasteiger partial charge < -0.3 is 4.90 Å². The standard InChI is InChI=1S/C21H21N/c1-16-14-21(15-17(2)18(16)3)22(19-10-6-4-7-11-19)20-12-8-5-9-13-20/h4-15H,1-3H3. The number of hydrogen-bond donors (Lipinski definition) is 0. The van der Waals surface area contributed by atoms with Crippen LogP contribution in [-0.2, 0) is 0 Å². The SMILES string of the molecule is Cc1cc(N(c2ccccc2)c2ccccc2)cc(C)c1C. The molecule has 3 aromatic rings. The molecule has 0 radical (unpaired) electrons. The summed E-state index contributed by atoms with van der Waals surface area (Å²) in [5, 5.41) is 0. The second kappa shape index (κ2) is 6.07. The molecule has 0 fully saturated rings. The molecule has 0 bridgehead atoms. The van der Waals surface area contributed by atoms with Crippen LogP contribution in [0, 0.1) is 20.8 Å². The van der Waals surface area contributed by atoms with Crippen LogP contribution in [0.15, 0.2) is 72.8 Å². The molecule has 0 spiro atoms. The molecule has 0 atom stereocenters. The van der Waals surface area contributed by atoms with Crippen LogP contribution in [-0.4, -0.2) is 0 Å².